The molecule has 2 atom stereocenters. The highest BCUT2D eigenvalue weighted by Crippen LogP contribution is 2.10. The average Bonchev–Trinajstić information content (AvgIpc) is 1.99. The molecule has 2 nitrogen and oxygen atoms in total. The van der Waals surface area contributed by atoms with Gasteiger partial charge < -0.3 is 10.4 Å². The molecule has 80 valence electrons. The number of rotatable bonds is 6. The second-order valence-corrected chi connectivity index (χ2v) is 4.84. The maximum absolute atomic E-state index is 9.50. The third-order valence-corrected chi connectivity index (χ3v) is 2.34. The number of hydrogen-bond donors (Lipinski definition) is 2. The zero-order valence-electron chi connectivity index (χ0n) is 9.72. The normalized spacial score (nSPS) is 17.1. The van der Waals surface area contributed by atoms with Crippen molar-refractivity contribution in [2.75, 3.05) is 6.54 Å². The lowest BCUT2D eigenvalue weighted by atomic mass is 10.00. The summed E-state index contributed by atoms with van der Waals surface area (Å²) < 4.78 is 0. The van der Waals surface area contributed by atoms with Gasteiger partial charge >= 0.3 is 0 Å². The largest absolute Gasteiger partial charge is 0.389 e. The summed E-state index contributed by atoms with van der Waals surface area (Å²) in [6.07, 6.45) is 2.42. The highest BCUT2D eigenvalue weighted by Gasteiger charge is 2.14. The standard InChI is InChI=1S/C11H25NO/c1-6-9(2)7-10(3)12-8-11(4,5)13/h9-10,12-13H,6-8H2,1-5H3. The van der Waals surface area contributed by atoms with Crippen LogP contribution >= 0.6 is 0 Å². The minimum atomic E-state index is -0.594. The summed E-state index contributed by atoms with van der Waals surface area (Å²) in [5.41, 5.74) is -0.594. The van der Waals surface area contributed by atoms with Gasteiger partial charge in [0.15, 0.2) is 0 Å². The van der Waals surface area contributed by atoms with Crippen molar-refractivity contribution >= 4 is 0 Å². The molecule has 0 heterocycles. The Hall–Kier alpha value is -0.0800. The van der Waals surface area contributed by atoms with Crippen molar-refractivity contribution in [1.29, 1.82) is 0 Å². The van der Waals surface area contributed by atoms with Crippen LogP contribution in [0, 0.1) is 5.92 Å². The fraction of sp³-hybridized carbons (Fsp3) is 1.00. The van der Waals surface area contributed by atoms with Crippen LogP contribution in [-0.2, 0) is 0 Å². The van der Waals surface area contributed by atoms with E-state index < -0.39 is 5.60 Å². The van der Waals surface area contributed by atoms with Gasteiger partial charge in [0.2, 0.25) is 0 Å². The number of aliphatic hydroxyl groups is 1. The lowest BCUT2D eigenvalue weighted by molar-refractivity contribution is 0.0760. The first-order chi connectivity index (χ1) is 5.85. The van der Waals surface area contributed by atoms with Crippen molar-refractivity contribution in [3.05, 3.63) is 0 Å². The van der Waals surface area contributed by atoms with Crippen molar-refractivity contribution in [3.8, 4) is 0 Å². The van der Waals surface area contributed by atoms with Crippen LogP contribution in [0.15, 0.2) is 0 Å². The Bertz CT molecular complexity index is 129. The number of hydrogen-bond acceptors (Lipinski definition) is 2. The summed E-state index contributed by atoms with van der Waals surface area (Å²) in [7, 11) is 0. The van der Waals surface area contributed by atoms with Crippen LogP contribution in [0.5, 0.6) is 0 Å². The van der Waals surface area contributed by atoms with E-state index in [1.807, 2.05) is 13.8 Å². The average molecular weight is 187 g/mol. The molecule has 0 amide bonds. The smallest absolute Gasteiger partial charge is 0.0715 e. The van der Waals surface area contributed by atoms with Gasteiger partial charge in [-0.15, -0.1) is 0 Å². The van der Waals surface area contributed by atoms with Crippen LogP contribution in [0.3, 0.4) is 0 Å². The minimum Gasteiger partial charge on any atom is -0.389 e. The maximum atomic E-state index is 9.50. The van der Waals surface area contributed by atoms with E-state index in [1.54, 1.807) is 0 Å². The highest BCUT2D eigenvalue weighted by atomic mass is 16.3. The molecule has 2 unspecified atom stereocenters. The molecule has 0 aliphatic carbocycles. The van der Waals surface area contributed by atoms with Crippen molar-refractivity contribution in [3.63, 3.8) is 0 Å². The zero-order valence-corrected chi connectivity index (χ0v) is 9.72. The maximum Gasteiger partial charge on any atom is 0.0715 e. The molecule has 2 heteroatoms. The monoisotopic (exact) mass is 187 g/mol. The molecule has 0 saturated carbocycles. The van der Waals surface area contributed by atoms with Gasteiger partial charge in [0.1, 0.15) is 0 Å². The van der Waals surface area contributed by atoms with Crippen molar-refractivity contribution in [2.45, 2.75) is 59.1 Å². The Labute approximate surface area is 82.7 Å². The van der Waals surface area contributed by atoms with E-state index in [0.29, 0.717) is 12.6 Å². The third kappa shape index (κ3) is 8.26. The molecule has 0 rings (SSSR count). The molecule has 0 aromatic heterocycles. The van der Waals surface area contributed by atoms with E-state index in [-0.39, 0.29) is 0 Å². The van der Waals surface area contributed by atoms with E-state index in [1.165, 1.54) is 12.8 Å². The van der Waals surface area contributed by atoms with Gasteiger partial charge in [-0.1, -0.05) is 20.3 Å². The Morgan fingerprint density at radius 1 is 1.31 bits per heavy atom. The van der Waals surface area contributed by atoms with Crippen LogP contribution in [0.2, 0.25) is 0 Å². The predicted octanol–water partition coefficient (Wildman–Crippen LogP) is 2.17. The molecule has 2 N–H and O–H groups in total. The van der Waals surface area contributed by atoms with Crippen LogP contribution in [0.25, 0.3) is 0 Å². The molecule has 0 aliphatic heterocycles. The van der Waals surface area contributed by atoms with Crippen molar-refractivity contribution in [1.82, 2.24) is 5.32 Å². The van der Waals surface area contributed by atoms with Gasteiger partial charge in [-0.2, -0.15) is 0 Å². The van der Waals surface area contributed by atoms with Gasteiger partial charge in [-0.05, 0) is 33.1 Å². The summed E-state index contributed by atoms with van der Waals surface area (Å²) in [6.45, 7) is 11.0. The Morgan fingerprint density at radius 3 is 2.23 bits per heavy atom. The Morgan fingerprint density at radius 2 is 1.85 bits per heavy atom. The predicted molar refractivity (Wildman–Crippen MR) is 57.8 cm³/mol. The van der Waals surface area contributed by atoms with E-state index in [2.05, 4.69) is 26.1 Å². The lowest BCUT2D eigenvalue weighted by Crippen LogP contribution is -2.39. The van der Waals surface area contributed by atoms with Crippen LogP contribution in [0.4, 0.5) is 0 Å². The quantitative estimate of drug-likeness (QED) is 0.668. The third-order valence-electron chi connectivity index (χ3n) is 2.34. The summed E-state index contributed by atoms with van der Waals surface area (Å²) in [4.78, 5) is 0. The first kappa shape index (κ1) is 12.9. The second kappa shape index (κ2) is 5.61. The van der Waals surface area contributed by atoms with E-state index in [4.69, 9.17) is 0 Å². The van der Waals surface area contributed by atoms with Gasteiger partial charge in [-0.25, -0.2) is 0 Å². The topological polar surface area (TPSA) is 32.3 Å². The Balaban J connectivity index is 3.57. The molecule has 0 spiro atoms. The summed E-state index contributed by atoms with van der Waals surface area (Å²) in [6, 6.07) is 0.501. The first-order valence-corrected chi connectivity index (χ1v) is 5.31. The number of nitrogens with one attached hydrogen (secondary N) is 1. The molecule has 0 aliphatic rings. The molecule has 0 bridgehead atoms. The minimum absolute atomic E-state index is 0.501. The molecule has 0 aromatic rings. The van der Waals surface area contributed by atoms with Crippen molar-refractivity contribution in [2.24, 2.45) is 5.92 Å². The fourth-order valence-corrected chi connectivity index (χ4v) is 1.28. The van der Waals surface area contributed by atoms with Crippen LogP contribution in [-0.4, -0.2) is 23.3 Å². The molecule has 13 heavy (non-hydrogen) atoms. The van der Waals surface area contributed by atoms with E-state index in [9.17, 15) is 5.11 Å². The molecule has 0 aromatic carbocycles. The van der Waals surface area contributed by atoms with E-state index in [0.717, 1.165) is 5.92 Å². The molecule has 0 fully saturated rings. The van der Waals surface area contributed by atoms with Crippen LogP contribution in [0.1, 0.15) is 47.5 Å². The van der Waals surface area contributed by atoms with Crippen LogP contribution < -0.4 is 5.32 Å². The fourth-order valence-electron chi connectivity index (χ4n) is 1.28. The van der Waals surface area contributed by atoms with Gasteiger partial charge in [0, 0.05) is 12.6 Å². The Kier molecular flexibility index (Phi) is 5.57. The lowest BCUT2D eigenvalue weighted by Gasteiger charge is -2.23. The first-order valence-electron chi connectivity index (χ1n) is 5.31. The molecule has 0 radical (unpaired) electrons. The SMILES string of the molecule is CCC(C)CC(C)NCC(C)(C)O. The second-order valence-electron chi connectivity index (χ2n) is 4.84. The summed E-state index contributed by atoms with van der Waals surface area (Å²) in [5, 5.41) is 12.8. The molecule has 0 saturated heterocycles. The van der Waals surface area contributed by atoms with Gasteiger partial charge in [0.25, 0.3) is 0 Å². The van der Waals surface area contributed by atoms with Crippen molar-refractivity contribution < 1.29 is 5.11 Å². The van der Waals surface area contributed by atoms with E-state index >= 15 is 0 Å². The molecular formula is C11H25NO. The van der Waals surface area contributed by atoms with Gasteiger partial charge in [0.05, 0.1) is 5.60 Å². The highest BCUT2D eigenvalue weighted by molar-refractivity contribution is 4.72. The summed E-state index contributed by atoms with van der Waals surface area (Å²) in [5.74, 6) is 0.768. The van der Waals surface area contributed by atoms with Gasteiger partial charge in [-0.3, -0.25) is 0 Å². The zero-order chi connectivity index (χ0) is 10.5. The molecular weight excluding hydrogens is 162 g/mol. The summed E-state index contributed by atoms with van der Waals surface area (Å²) >= 11 is 0.